The van der Waals surface area contributed by atoms with Gasteiger partial charge in [-0.15, -0.1) is 0 Å². The minimum absolute atomic E-state index is 0.0190. The Morgan fingerprint density at radius 2 is 2.29 bits per heavy atom. The zero-order valence-corrected chi connectivity index (χ0v) is 10.7. The van der Waals surface area contributed by atoms with Crippen LogP contribution in [0.2, 0.25) is 0 Å². The van der Waals surface area contributed by atoms with Crippen LogP contribution < -0.4 is 11.1 Å². The third-order valence-electron chi connectivity index (χ3n) is 2.87. The van der Waals surface area contributed by atoms with Crippen molar-refractivity contribution >= 4 is 5.91 Å². The van der Waals surface area contributed by atoms with Crippen molar-refractivity contribution in [2.75, 3.05) is 0 Å². The molecule has 0 saturated heterocycles. The van der Waals surface area contributed by atoms with E-state index in [9.17, 15) is 4.79 Å². The van der Waals surface area contributed by atoms with Crippen molar-refractivity contribution in [3.63, 3.8) is 0 Å². The van der Waals surface area contributed by atoms with Crippen LogP contribution in [-0.2, 0) is 4.79 Å². The largest absolute Gasteiger partial charge is 0.347 e. The number of nitrogens with two attached hydrogens (primary N) is 1. The number of hydrogen-bond acceptors (Lipinski definition) is 3. The molecule has 0 spiro atoms. The summed E-state index contributed by atoms with van der Waals surface area (Å²) in [5.41, 5.74) is 5.87. The Morgan fingerprint density at radius 1 is 1.59 bits per heavy atom. The number of nitrogens with zero attached hydrogens (tertiary/aromatic N) is 1. The van der Waals surface area contributed by atoms with Crippen LogP contribution >= 0.6 is 0 Å². The molecule has 5 heteroatoms. The van der Waals surface area contributed by atoms with Gasteiger partial charge in [-0.05, 0) is 12.3 Å². The van der Waals surface area contributed by atoms with Crippen LogP contribution in [0, 0.1) is 5.92 Å². The average molecular weight is 238 g/mol. The number of H-pyrrole nitrogens is 1. The van der Waals surface area contributed by atoms with Crippen LogP contribution in [-0.4, -0.2) is 21.9 Å². The summed E-state index contributed by atoms with van der Waals surface area (Å²) in [4.78, 5) is 19.0. The fourth-order valence-corrected chi connectivity index (χ4v) is 1.53. The Labute approximate surface area is 102 Å². The van der Waals surface area contributed by atoms with Crippen molar-refractivity contribution in [1.29, 1.82) is 0 Å². The first-order valence-corrected chi connectivity index (χ1v) is 6.08. The molecule has 2 unspecified atom stereocenters. The highest BCUT2D eigenvalue weighted by Crippen LogP contribution is 2.12. The first-order chi connectivity index (χ1) is 8.04. The molecule has 0 bridgehead atoms. The van der Waals surface area contributed by atoms with Crippen molar-refractivity contribution in [3.05, 3.63) is 18.2 Å². The summed E-state index contributed by atoms with van der Waals surface area (Å²) in [5.74, 6) is 1.08. The molecule has 1 aromatic rings. The minimum Gasteiger partial charge on any atom is -0.347 e. The molecular weight excluding hydrogens is 216 g/mol. The van der Waals surface area contributed by atoms with Gasteiger partial charge in [0.2, 0.25) is 5.91 Å². The zero-order valence-electron chi connectivity index (χ0n) is 10.7. The summed E-state index contributed by atoms with van der Waals surface area (Å²) < 4.78 is 0. The molecule has 0 radical (unpaired) electrons. The number of nitrogens with one attached hydrogen (secondary N) is 2. The molecular formula is C12H22N4O. The van der Waals surface area contributed by atoms with E-state index in [0.29, 0.717) is 12.3 Å². The van der Waals surface area contributed by atoms with Crippen LogP contribution in [0.1, 0.15) is 45.5 Å². The van der Waals surface area contributed by atoms with Gasteiger partial charge in [-0.2, -0.15) is 0 Å². The van der Waals surface area contributed by atoms with Crippen molar-refractivity contribution in [2.24, 2.45) is 11.7 Å². The first-order valence-electron chi connectivity index (χ1n) is 6.08. The molecule has 0 fully saturated rings. The second kappa shape index (κ2) is 6.39. The van der Waals surface area contributed by atoms with Gasteiger partial charge in [0.05, 0.1) is 6.04 Å². The highest BCUT2D eigenvalue weighted by atomic mass is 16.1. The minimum atomic E-state index is -0.0934. The van der Waals surface area contributed by atoms with Gasteiger partial charge in [-0.1, -0.05) is 20.8 Å². The van der Waals surface area contributed by atoms with Crippen molar-refractivity contribution < 1.29 is 4.79 Å². The van der Waals surface area contributed by atoms with Gasteiger partial charge < -0.3 is 16.0 Å². The second-order valence-electron chi connectivity index (χ2n) is 4.61. The Kier molecular flexibility index (Phi) is 5.15. The maximum Gasteiger partial charge on any atom is 0.222 e. The van der Waals surface area contributed by atoms with Gasteiger partial charge in [0, 0.05) is 24.9 Å². The van der Waals surface area contributed by atoms with E-state index >= 15 is 0 Å². The Bertz CT molecular complexity index is 334. The first kappa shape index (κ1) is 13.7. The van der Waals surface area contributed by atoms with Crippen molar-refractivity contribution in [2.45, 2.75) is 45.7 Å². The number of aromatic amines is 1. The third-order valence-corrected chi connectivity index (χ3v) is 2.87. The zero-order chi connectivity index (χ0) is 12.8. The van der Waals surface area contributed by atoms with Gasteiger partial charge in [-0.25, -0.2) is 4.98 Å². The van der Waals surface area contributed by atoms with E-state index in [0.717, 1.165) is 12.2 Å². The van der Waals surface area contributed by atoms with E-state index in [1.807, 2.05) is 20.8 Å². The van der Waals surface area contributed by atoms with Gasteiger partial charge >= 0.3 is 0 Å². The molecule has 0 saturated carbocycles. The summed E-state index contributed by atoms with van der Waals surface area (Å²) in [5, 5.41) is 2.94. The lowest BCUT2D eigenvalue weighted by Crippen LogP contribution is -2.36. The monoisotopic (exact) mass is 238 g/mol. The number of carbonyl (C=O) groups is 1. The third kappa shape index (κ3) is 4.19. The molecule has 1 aromatic heterocycles. The molecule has 17 heavy (non-hydrogen) atoms. The van der Waals surface area contributed by atoms with Gasteiger partial charge in [0.25, 0.3) is 0 Å². The number of carbonyl (C=O) groups excluding carboxylic acids is 1. The fourth-order valence-electron chi connectivity index (χ4n) is 1.53. The lowest BCUT2D eigenvalue weighted by atomic mass is 10.0. The Hall–Kier alpha value is -1.36. The van der Waals surface area contributed by atoms with Crippen LogP contribution in [0.5, 0.6) is 0 Å². The van der Waals surface area contributed by atoms with Gasteiger partial charge in [0.15, 0.2) is 0 Å². The summed E-state index contributed by atoms with van der Waals surface area (Å²) in [6.45, 7) is 6.04. The molecule has 5 nitrogen and oxygen atoms in total. The quantitative estimate of drug-likeness (QED) is 0.699. The normalized spacial score (nSPS) is 14.6. The molecule has 2 atom stereocenters. The molecule has 4 N–H and O–H groups in total. The molecule has 1 rings (SSSR count). The van der Waals surface area contributed by atoms with Gasteiger partial charge in [-0.3, -0.25) is 4.79 Å². The van der Waals surface area contributed by atoms with Crippen LogP contribution in [0.3, 0.4) is 0 Å². The SMILES string of the molecule is CCC(NC(=O)CC(N)C(C)C)c1ncc[nH]1. The number of imidazole rings is 1. The van der Waals surface area contributed by atoms with Crippen molar-refractivity contribution in [3.8, 4) is 0 Å². The summed E-state index contributed by atoms with van der Waals surface area (Å²) in [6, 6.07) is -0.152. The number of aromatic nitrogens is 2. The summed E-state index contributed by atoms with van der Waals surface area (Å²) >= 11 is 0. The van der Waals surface area contributed by atoms with E-state index in [-0.39, 0.29) is 18.0 Å². The summed E-state index contributed by atoms with van der Waals surface area (Å²) in [7, 11) is 0. The van der Waals surface area contributed by atoms with E-state index in [1.54, 1.807) is 12.4 Å². The maximum absolute atomic E-state index is 11.8. The topological polar surface area (TPSA) is 83.8 Å². The van der Waals surface area contributed by atoms with E-state index in [1.165, 1.54) is 0 Å². The van der Waals surface area contributed by atoms with Crippen molar-refractivity contribution in [1.82, 2.24) is 15.3 Å². The molecule has 0 aliphatic rings. The van der Waals surface area contributed by atoms with Crippen LogP contribution in [0.15, 0.2) is 12.4 Å². The maximum atomic E-state index is 11.8. The predicted octanol–water partition coefficient (Wildman–Crippen LogP) is 1.35. The standard InChI is InChI=1S/C12H22N4O/c1-4-10(12-14-5-6-15-12)16-11(17)7-9(13)8(2)3/h5-6,8-10H,4,7,13H2,1-3H3,(H,14,15)(H,16,17). The number of hydrogen-bond donors (Lipinski definition) is 3. The fraction of sp³-hybridized carbons (Fsp3) is 0.667. The van der Waals surface area contributed by atoms with Crippen LogP contribution in [0.4, 0.5) is 0 Å². The Morgan fingerprint density at radius 3 is 2.76 bits per heavy atom. The highest BCUT2D eigenvalue weighted by Gasteiger charge is 2.17. The molecule has 1 heterocycles. The molecule has 0 aliphatic heterocycles. The molecule has 0 aliphatic carbocycles. The van der Waals surface area contributed by atoms with E-state index < -0.39 is 0 Å². The van der Waals surface area contributed by atoms with E-state index in [4.69, 9.17) is 5.73 Å². The Balaban J connectivity index is 2.49. The predicted molar refractivity (Wildman–Crippen MR) is 67.2 cm³/mol. The summed E-state index contributed by atoms with van der Waals surface area (Å²) in [6.07, 6.45) is 4.60. The highest BCUT2D eigenvalue weighted by molar-refractivity contribution is 5.77. The molecule has 96 valence electrons. The lowest BCUT2D eigenvalue weighted by molar-refractivity contribution is -0.122. The second-order valence-corrected chi connectivity index (χ2v) is 4.61. The van der Waals surface area contributed by atoms with Crippen LogP contribution in [0.25, 0.3) is 0 Å². The lowest BCUT2D eigenvalue weighted by Gasteiger charge is -2.18. The molecule has 1 amide bonds. The number of amides is 1. The van der Waals surface area contributed by atoms with Gasteiger partial charge in [0.1, 0.15) is 5.82 Å². The number of rotatable bonds is 6. The smallest absolute Gasteiger partial charge is 0.222 e. The van der Waals surface area contributed by atoms with E-state index in [2.05, 4.69) is 15.3 Å². The average Bonchev–Trinajstić information content (AvgIpc) is 2.78. The molecule has 0 aromatic carbocycles.